The summed E-state index contributed by atoms with van der Waals surface area (Å²) in [6, 6.07) is 6.52. The summed E-state index contributed by atoms with van der Waals surface area (Å²) in [6.07, 6.45) is -0.163. The topological polar surface area (TPSA) is 21.3 Å². The lowest BCUT2D eigenvalue weighted by molar-refractivity contribution is 0.0662. The van der Waals surface area contributed by atoms with Crippen molar-refractivity contribution >= 4 is 0 Å². The van der Waals surface area contributed by atoms with Crippen LogP contribution < -0.4 is 5.32 Å². The quantitative estimate of drug-likeness (QED) is 0.872. The first-order chi connectivity index (χ1) is 8.75. The van der Waals surface area contributed by atoms with Gasteiger partial charge in [-0.2, -0.15) is 0 Å². The van der Waals surface area contributed by atoms with E-state index < -0.39 is 6.43 Å². The van der Waals surface area contributed by atoms with Crippen molar-refractivity contribution in [2.45, 2.75) is 25.8 Å². The summed E-state index contributed by atoms with van der Waals surface area (Å²) in [6.45, 7) is 3.42. The molecule has 4 heteroatoms. The number of nitrogens with one attached hydrogen (secondary N) is 1. The van der Waals surface area contributed by atoms with Gasteiger partial charge < -0.3 is 10.1 Å². The molecule has 1 heterocycles. The molecule has 1 fully saturated rings. The average Bonchev–Trinajstić information content (AvgIpc) is 2.40. The zero-order chi connectivity index (χ0) is 12.8. The molecule has 0 aliphatic carbocycles. The van der Waals surface area contributed by atoms with E-state index in [9.17, 15) is 8.78 Å². The van der Waals surface area contributed by atoms with Crippen molar-refractivity contribution in [2.75, 3.05) is 19.8 Å². The van der Waals surface area contributed by atoms with E-state index in [0.717, 1.165) is 44.7 Å². The highest BCUT2D eigenvalue weighted by molar-refractivity contribution is 5.23. The molecule has 0 unspecified atom stereocenters. The van der Waals surface area contributed by atoms with E-state index in [2.05, 4.69) is 5.32 Å². The lowest BCUT2D eigenvalue weighted by Gasteiger charge is -2.22. The molecule has 2 rings (SSSR count). The van der Waals surface area contributed by atoms with E-state index >= 15 is 0 Å². The molecular weight excluding hydrogens is 236 g/mol. The number of ether oxygens (including phenoxy) is 1. The highest BCUT2D eigenvalue weighted by Gasteiger charge is 2.12. The van der Waals surface area contributed by atoms with Gasteiger partial charge in [0.1, 0.15) is 0 Å². The van der Waals surface area contributed by atoms with E-state index in [0.29, 0.717) is 5.92 Å². The van der Waals surface area contributed by atoms with Crippen LogP contribution >= 0.6 is 0 Å². The number of hydrogen-bond acceptors (Lipinski definition) is 2. The molecule has 1 aliphatic rings. The molecule has 0 amide bonds. The third-order valence-electron chi connectivity index (χ3n) is 3.33. The van der Waals surface area contributed by atoms with E-state index in [4.69, 9.17) is 4.74 Å². The second-order valence-corrected chi connectivity index (χ2v) is 4.73. The minimum absolute atomic E-state index is 0.0863. The van der Waals surface area contributed by atoms with Crippen molar-refractivity contribution in [1.29, 1.82) is 0 Å². The van der Waals surface area contributed by atoms with Crippen molar-refractivity contribution < 1.29 is 13.5 Å². The summed E-state index contributed by atoms with van der Waals surface area (Å²) < 4.78 is 30.0. The van der Waals surface area contributed by atoms with Gasteiger partial charge in [0, 0.05) is 25.3 Å². The summed E-state index contributed by atoms with van der Waals surface area (Å²) in [5.74, 6) is 0.680. The Morgan fingerprint density at radius 2 is 1.83 bits per heavy atom. The number of rotatable bonds is 5. The maximum Gasteiger partial charge on any atom is 0.263 e. The molecular formula is C14H19F2NO. The van der Waals surface area contributed by atoms with Crippen LogP contribution in [0.2, 0.25) is 0 Å². The molecule has 0 saturated carbocycles. The van der Waals surface area contributed by atoms with Gasteiger partial charge in [-0.1, -0.05) is 24.3 Å². The Labute approximate surface area is 106 Å². The fourth-order valence-electron chi connectivity index (χ4n) is 2.15. The first-order valence-electron chi connectivity index (χ1n) is 6.41. The van der Waals surface area contributed by atoms with Crippen molar-refractivity contribution in [2.24, 2.45) is 5.92 Å². The molecule has 1 aliphatic heterocycles. The van der Waals surface area contributed by atoms with Crippen molar-refractivity contribution in [1.82, 2.24) is 5.32 Å². The maximum absolute atomic E-state index is 12.4. The predicted molar refractivity (Wildman–Crippen MR) is 66.6 cm³/mol. The first kappa shape index (κ1) is 13.4. The van der Waals surface area contributed by atoms with Gasteiger partial charge in [-0.15, -0.1) is 0 Å². The summed E-state index contributed by atoms with van der Waals surface area (Å²) in [5, 5.41) is 3.38. The molecule has 0 atom stereocenters. The van der Waals surface area contributed by atoms with Gasteiger partial charge in [0.05, 0.1) is 0 Å². The molecule has 0 bridgehead atoms. The molecule has 1 saturated heterocycles. The Morgan fingerprint density at radius 3 is 2.44 bits per heavy atom. The molecule has 0 aromatic heterocycles. The molecule has 100 valence electrons. The van der Waals surface area contributed by atoms with Crippen LogP contribution in [0, 0.1) is 5.92 Å². The SMILES string of the molecule is FC(F)c1ccc(CNCC2CCOCC2)cc1. The monoisotopic (exact) mass is 255 g/mol. The fraction of sp³-hybridized carbons (Fsp3) is 0.571. The third kappa shape index (κ3) is 4.03. The molecule has 18 heavy (non-hydrogen) atoms. The average molecular weight is 255 g/mol. The lowest BCUT2D eigenvalue weighted by atomic mass is 10.0. The normalized spacial score (nSPS) is 17.3. The summed E-state index contributed by atoms with van der Waals surface area (Å²) in [4.78, 5) is 0. The van der Waals surface area contributed by atoms with Crippen LogP contribution in [0.25, 0.3) is 0 Å². The maximum atomic E-state index is 12.4. The van der Waals surface area contributed by atoms with Gasteiger partial charge in [-0.05, 0) is 30.9 Å². The Kier molecular flexibility index (Phi) is 5.08. The van der Waals surface area contributed by atoms with E-state index in [1.54, 1.807) is 12.1 Å². The number of alkyl halides is 2. The molecule has 2 nitrogen and oxygen atoms in total. The Morgan fingerprint density at radius 1 is 1.17 bits per heavy atom. The number of hydrogen-bond donors (Lipinski definition) is 1. The minimum Gasteiger partial charge on any atom is -0.381 e. The summed E-state index contributed by atoms with van der Waals surface area (Å²) in [5.41, 5.74) is 1.13. The fourth-order valence-corrected chi connectivity index (χ4v) is 2.15. The minimum atomic E-state index is -2.38. The van der Waals surface area contributed by atoms with Crippen LogP contribution in [-0.4, -0.2) is 19.8 Å². The second kappa shape index (κ2) is 6.81. The van der Waals surface area contributed by atoms with Crippen molar-refractivity contribution in [3.05, 3.63) is 35.4 Å². The van der Waals surface area contributed by atoms with Crippen LogP contribution in [0.15, 0.2) is 24.3 Å². The van der Waals surface area contributed by atoms with E-state index in [1.807, 2.05) is 0 Å². The predicted octanol–water partition coefficient (Wildman–Crippen LogP) is 3.14. The summed E-state index contributed by atoms with van der Waals surface area (Å²) >= 11 is 0. The molecule has 1 aromatic rings. The highest BCUT2D eigenvalue weighted by Crippen LogP contribution is 2.18. The molecule has 0 radical (unpaired) electrons. The molecule has 1 N–H and O–H groups in total. The van der Waals surface area contributed by atoms with Gasteiger partial charge in [0.15, 0.2) is 0 Å². The third-order valence-corrected chi connectivity index (χ3v) is 3.33. The van der Waals surface area contributed by atoms with Gasteiger partial charge >= 0.3 is 0 Å². The highest BCUT2D eigenvalue weighted by atomic mass is 19.3. The van der Waals surface area contributed by atoms with E-state index in [1.165, 1.54) is 12.1 Å². The smallest absolute Gasteiger partial charge is 0.263 e. The molecule has 0 spiro atoms. The van der Waals surface area contributed by atoms with Crippen molar-refractivity contribution in [3.8, 4) is 0 Å². The van der Waals surface area contributed by atoms with Gasteiger partial charge in [0.2, 0.25) is 0 Å². The zero-order valence-corrected chi connectivity index (χ0v) is 10.4. The van der Waals surface area contributed by atoms with Crippen LogP contribution in [0.3, 0.4) is 0 Å². The zero-order valence-electron chi connectivity index (χ0n) is 10.4. The Hall–Kier alpha value is -1.00. The standard InChI is InChI=1S/C14H19F2NO/c15-14(16)13-3-1-11(2-4-13)9-17-10-12-5-7-18-8-6-12/h1-4,12,14,17H,5-10H2. The van der Waals surface area contributed by atoms with Gasteiger partial charge in [0.25, 0.3) is 6.43 Å². The van der Waals surface area contributed by atoms with Gasteiger partial charge in [-0.3, -0.25) is 0 Å². The van der Waals surface area contributed by atoms with Crippen LogP contribution in [0.5, 0.6) is 0 Å². The molecule has 1 aromatic carbocycles. The van der Waals surface area contributed by atoms with Crippen molar-refractivity contribution in [3.63, 3.8) is 0 Å². The van der Waals surface area contributed by atoms with E-state index in [-0.39, 0.29) is 5.56 Å². The Balaban J connectivity index is 1.72. The first-order valence-corrected chi connectivity index (χ1v) is 6.41. The largest absolute Gasteiger partial charge is 0.381 e. The van der Waals surface area contributed by atoms with Crippen LogP contribution in [-0.2, 0) is 11.3 Å². The number of halogens is 2. The van der Waals surface area contributed by atoms with Crippen LogP contribution in [0.4, 0.5) is 8.78 Å². The Bertz CT molecular complexity index is 347. The van der Waals surface area contributed by atoms with Gasteiger partial charge in [-0.25, -0.2) is 8.78 Å². The summed E-state index contributed by atoms with van der Waals surface area (Å²) in [7, 11) is 0. The lowest BCUT2D eigenvalue weighted by Crippen LogP contribution is -2.27. The van der Waals surface area contributed by atoms with Crippen LogP contribution in [0.1, 0.15) is 30.4 Å². The second-order valence-electron chi connectivity index (χ2n) is 4.73. The number of benzene rings is 1.